The van der Waals surface area contributed by atoms with Crippen LogP contribution in [-0.4, -0.2) is 29.8 Å². The molecule has 0 aromatic heterocycles. The molecule has 0 saturated heterocycles. The van der Waals surface area contributed by atoms with Gasteiger partial charge in [-0.3, -0.25) is 4.79 Å². The van der Waals surface area contributed by atoms with Crippen molar-refractivity contribution in [1.29, 1.82) is 0 Å². The van der Waals surface area contributed by atoms with Gasteiger partial charge in [-0.05, 0) is 57.4 Å². The molecule has 0 aliphatic heterocycles. The maximum absolute atomic E-state index is 11.5. The minimum atomic E-state index is -0.434. The maximum Gasteiger partial charge on any atom is 0.320 e. The molecule has 0 heterocycles. The molecule has 0 saturated carbocycles. The molecule has 0 bridgehead atoms. The molecule has 0 radical (unpaired) electrons. The number of phenolic OH excluding ortho intramolecular Hbond substituents is 1. The van der Waals surface area contributed by atoms with E-state index in [1.165, 1.54) is 5.56 Å². The third-order valence-corrected chi connectivity index (χ3v) is 2.70. The third kappa shape index (κ3) is 7.14. The maximum atomic E-state index is 11.5. The van der Waals surface area contributed by atoms with E-state index in [4.69, 9.17) is 4.74 Å². The lowest BCUT2D eigenvalue weighted by atomic mass is 10.0. The average molecular weight is 279 g/mol. The molecule has 0 aliphatic carbocycles. The molecular formula is C16H25NO3. The lowest BCUT2D eigenvalue weighted by molar-refractivity contribution is -0.153. The summed E-state index contributed by atoms with van der Waals surface area (Å²) in [6.45, 7) is 8.68. The van der Waals surface area contributed by atoms with Crippen molar-refractivity contribution in [3.05, 3.63) is 29.8 Å². The predicted molar refractivity (Wildman–Crippen MR) is 79.7 cm³/mol. The van der Waals surface area contributed by atoms with Crippen LogP contribution in [0.4, 0.5) is 0 Å². The number of esters is 1. The molecule has 0 amide bonds. The van der Waals surface area contributed by atoms with Crippen LogP contribution in [0.5, 0.6) is 5.75 Å². The Kier molecular flexibility index (Phi) is 6.02. The average Bonchev–Trinajstić information content (AvgIpc) is 2.29. The third-order valence-electron chi connectivity index (χ3n) is 2.70. The second kappa shape index (κ2) is 7.29. The zero-order chi connectivity index (χ0) is 15.2. The van der Waals surface area contributed by atoms with Crippen molar-refractivity contribution in [3.8, 4) is 5.75 Å². The fraction of sp³-hybridized carbons (Fsp3) is 0.562. The lowest BCUT2D eigenvalue weighted by Gasteiger charge is -2.20. The minimum absolute atomic E-state index is 0.227. The fourth-order valence-corrected chi connectivity index (χ4v) is 1.90. The van der Waals surface area contributed by atoms with Crippen LogP contribution >= 0.6 is 0 Å². The summed E-state index contributed by atoms with van der Waals surface area (Å²) in [6.07, 6.45) is 0.904. The van der Waals surface area contributed by atoms with Crippen molar-refractivity contribution >= 4 is 5.97 Å². The van der Waals surface area contributed by atoms with Crippen molar-refractivity contribution < 1.29 is 14.6 Å². The van der Waals surface area contributed by atoms with Crippen molar-refractivity contribution in [2.75, 3.05) is 13.1 Å². The van der Waals surface area contributed by atoms with E-state index in [0.29, 0.717) is 5.92 Å². The summed E-state index contributed by atoms with van der Waals surface area (Å²) in [6, 6.07) is 7.21. The van der Waals surface area contributed by atoms with Gasteiger partial charge in [-0.1, -0.05) is 19.1 Å². The van der Waals surface area contributed by atoms with E-state index < -0.39 is 5.60 Å². The quantitative estimate of drug-likeness (QED) is 0.786. The summed E-state index contributed by atoms with van der Waals surface area (Å²) < 4.78 is 5.22. The monoisotopic (exact) mass is 279 g/mol. The molecule has 1 rings (SSSR count). The van der Waals surface area contributed by atoms with Gasteiger partial charge in [-0.2, -0.15) is 0 Å². The van der Waals surface area contributed by atoms with Crippen molar-refractivity contribution in [2.24, 2.45) is 5.92 Å². The molecule has 0 spiro atoms. The zero-order valence-corrected chi connectivity index (χ0v) is 12.8. The van der Waals surface area contributed by atoms with E-state index in [1.807, 2.05) is 32.9 Å². The fourth-order valence-electron chi connectivity index (χ4n) is 1.90. The van der Waals surface area contributed by atoms with Gasteiger partial charge in [0.05, 0.1) is 6.54 Å². The molecule has 112 valence electrons. The number of carbonyl (C=O) groups is 1. The lowest BCUT2D eigenvalue weighted by Crippen LogP contribution is -2.33. The first kappa shape index (κ1) is 16.5. The molecule has 1 aromatic carbocycles. The van der Waals surface area contributed by atoms with Gasteiger partial charge in [0.15, 0.2) is 0 Å². The van der Waals surface area contributed by atoms with Gasteiger partial charge in [0.25, 0.3) is 0 Å². The summed E-state index contributed by atoms with van der Waals surface area (Å²) in [7, 11) is 0. The molecule has 0 aliphatic rings. The van der Waals surface area contributed by atoms with E-state index in [9.17, 15) is 9.90 Å². The molecule has 2 N–H and O–H groups in total. The van der Waals surface area contributed by atoms with Gasteiger partial charge in [0.2, 0.25) is 0 Å². The van der Waals surface area contributed by atoms with Gasteiger partial charge >= 0.3 is 5.97 Å². The number of aromatic hydroxyl groups is 1. The largest absolute Gasteiger partial charge is 0.508 e. The molecular weight excluding hydrogens is 254 g/mol. The van der Waals surface area contributed by atoms with Crippen LogP contribution < -0.4 is 5.32 Å². The summed E-state index contributed by atoms with van der Waals surface area (Å²) in [5, 5.41) is 12.3. The highest BCUT2D eigenvalue weighted by molar-refractivity contribution is 5.72. The molecule has 4 heteroatoms. The van der Waals surface area contributed by atoms with Crippen LogP contribution in [0.3, 0.4) is 0 Å². The Morgan fingerprint density at radius 1 is 1.30 bits per heavy atom. The number of hydrogen-bond acceptors (Lipinski definition) is 4. The molecule has 20 heavy (non-hydrogen) atoms. The number of nitrogens with one attached hydrogen (secondary N) is 1. The Bertz CT molecular complexity index is 420. The molecule has 1 atom stereocenters. The minimum Gasteiger partial charge on any atom is -0.508 e. The number of ether oxygens (including phenoxy) is 1. The van der Waals surface area contributed by atoms with Crippen molar-refractivity contribution in [3.63, 3.8) is 0 Å². The Hall–Kier alpha value is -1.55. The highest BCUT2D eigenvalue weighted by Gasteiger charge is 2.15. The number of phenols is 1. The highest BCUT2D eigenvalue weighted by Crippen LogP contribution is 2.13. The number of rotatable bonds is 6. The van der Waals surface area contributed by atoms with Crippen LogP contribution in [0.25, 0.3) is 0 Å². The van der Waals surface area contributed by atoms with E-state index in [-0.39, 0.29) is 18.3 Å². The number of hydrogen-bond donors (Lipinski definition) is 2. The molecule has 0 fully saturated rings. The SMILES string of the molecule is C[C@@H](CNCC(=O)OC(C)(C)C)Cc1ccc(O)cc1. The first-order valence-corrected chi connectivity index (χ1v) is 6.97. The van der Waals surface area contributed by atoms with Gasteiger partial charge in [0, 0.05) is 0 Å². The topological polar surface area (TPSA) is 58.6 Å². The standard InChI is InChI=1S/C16H25NO3/c1-12(9-13-5-7-14(18)8-6-13)10-17-11-15(19)20-16(2,3)4/h5-8,12,17-18H,9-11H2,1-4H3/t12-/m1/s1. The summed E-state index contributed by atoms with van der Waals surface area (Å²) in [5.41, 5.74) is 0.741. The molecule has 4 nitrogen and oxygen atoms in total. The zero-order valence-electron chi connectivity index (χ0n) is 12.8. The summed E-state index contributed by atoms with van der Waals surface area (Å²) in [4.78, 5) is 11.5. The Morgan fingerprint density at radius 2 is 1.90 bits per heavy atom. The normalized spacial score (nSPS) is 13.0. The van der Waals surface area contributed by atoms with E-state index >= 15 is 0 Å². The Labute approximate surface area is 121 Å². The van der Waals surface area contributed by atoms with Gasteiger partial charge < -0.3 is 15.2 Å². The van der Waals surface area contributed by atoms with Crippen LogP contribution in [0, 0.1) is 5.92 Å². The highest BCUT2D eigenvalue weighted by atomic mass is 16.6. The number of benzene rings is 1. The van der Waals surface area contributed by atoms with Gasteiger partial charge in [-0.25, -0.2) is 0 Å². The Balaban J connectivity index is 2.25. The van der Waals surface area contributed by atoms with E-state index in [0.717, 1.165) is 13.0 Å². The first-order chi connectivity index (χ1) is 9.26. The van der Waals surface area contributed by atoms with Crippen molar-refractivity contribution in [2.45, 2.75) is 39.7 Å². The molecule has 0 unspecified atom stereocenters. The summed E-state index contributed by atoms with van der Waals surface area (Å²) in [5.74, 6) is 0.459. The summed E-state index contributed by atoms with van der Waals surface area (Å²) >= 11 is 0. The van der Waals surface area contributed by atoms with Crippen molar-refractivity contribution in [1.82, 2.24) is 5.32 Å². The van der Waals surface area contributed by atoms with Crippen LogP contribution in [0.2, 0.25) is 0 Å². The van der Waals surface area contributed by atoms with E-state index in [2.05, 4.69) is 12.2 Å². The smallest absolute Gasteiger partial charge is 0.320 e. The predicted octanol–water partition coefficient (Wildman–Crippen LogP) is 2.50. The van der Waals surface area contributed by atoms with Gasteiger partial charge in [0.1, 0.15) is 11.4 Å². The van der Waals surface area contributed by atoms with Gasteiger partial charge in [-0.15, -0.1) is 0 Å². The van der Waals surface area contributed by atoms with E-state index in [1.54, 1.807) is 12.1 Å². The second-order valence-electron chi connectivity index (χ2n) is 6.19. The number of carbonyl (C=O) groups excluding carboxylic acids is 1. The molecule has 1 aromatic rings. The second-order valence-corrected chi connectivity index (χ2v) is 6.19. The van der Waals surface area contributed by atoms with Crippen LogP contribution in [0.15, 0.2) is 24.3 Å². The first-order valence-electron chi connectivity index (χ1n) is 6.97. The Morgan fingerprint density at radius 3 is 2.45 bits per heavy atom. The van der Waals surface area contributed by atoms with Crippen LogP contribution in [-0.2, 0) is 16.0 Å². The van der Waals surface area contributed by atoms with Crippen LogP contribution in [0.1, 0.15) is 33.3 Å².